The van der Waals surface area contributed by atoms with E-state index >= 15 is 0 Å². The van der Waals surface area contributed by atoms with E-state index in [0.29, 0.717) is 0 Å². The van der Waals surface area contributed by atoms with Gasteiger partial charge in [0.15, 0.2) is 0 Å². The highest BCUT2D eigenvalue weighted by molar-refractivity contribution is 5.86. The fraction of sp³-hybridized carbons (Fsp3) is 0.600. The Hall–Kier alpha value is -0.900. The third-order valence-electron chi connectivity index (χ3n) is 0.616. The molecule has 0 saturated carbocycles. The summed E-state index contributed by atoms with van der Waals surface area (Å²) in [4.78, 5) is 20.4. The second kappa shape index (κ2) is 3.19. The molecule has 0 spiro atoms. The molecule has 0 aromatic heterocycles. The van der Waals surface area contributed by atoms with Gasteiger partial charge >= 0.3 is 11.9 Å². The Morgan fingerprint density at radius 1 is 1.56 bits per heavy atom. The van der Waals surface area contributed by atoms with Crippen LogP contribution in [0.5, 0.6) is 0 Å². The van der Waals surface area contributed by atoms with Crippen molar-refractivity contribution in [2.24, 2.45) is 5.73 Å². The molecule has 0 aromatic rings. The first kappa shape index (κ1) is 8.10. The summed E-state index contributed by atoms with van der Waals surface area (Å²) >= 11 is 0. The van der Waals surface area contributed by atoms with Crippen molar-refractivity contribution >= 4 is 11.9 Å². The molecule has 0 amide bonds. The van der Waals surface area contributed by atoms with Crippen molar-refractivity contribution in [2.75, 3.05) is 0 Å². The van der Waals surface area contributed by atoms with E-state index in [1.165, 1.54) is 6.92 Å². The molecule has 0 aliphatic heterocycles. The highest BCUT2D eigenvalue weighted by Gasteiger charge is 2.09. The molecule has 0 fully saturated rings. The van der Waals surface area contributed by atoms with Crippen LogP contribution in [0.3, 0.4) is 0 Å². The maximum atomic E-state index is 10.4. The number of hydrogen-bond acceptors (Lipinski definition) is 4. The Morgan fingerprint density at radius 3 is 2.11 bits per heavy atom. The van der Waals surface area contributed by atoms with Gasteiger partial charge in [0.05, 0.1) is 0 Å². The zero-order valence-electron chi connectivity index (χ0n) is 5.38. The van der Waals surface area contributed by atoms with Gasteiger partial charge in [-0.05, 0) is 6.92 Å². The molecular formula is C5H9NO3. The largest absolute Gasteiger partial charge is 0.392 e. The SMILES string of the molecule is CC(=O)OC(=O)[C@H](C)N. The Labute approximate surface area is 53.0 Å². The highest BCUT2D eigenvalue weighted by atomic mass is 16.6. The summed E-state index contributed by atoms with van der Waals surface area (Å²) in [5.74, 6) is -1.32. The van der Waals surface area contributed by atoms with Crippen LogP contribution in [-0.2, 0) is 14.3 Å². The van der Waals surface area contributed by atoms with Gasteiger partial charge in [-0.3, -0.25) is 4.79 Å². The predicted molar refractivity (Wildman–Crippen MR) is 30.4 cm³/mol. The van der Waals surface area contributed by atoms with E-state index in [0.717, 1.165) is 6.92 Å². The summed E-state index contributed by atoms with van der Waals surface area (Å²) in [6.45, 7) is 2.60. The summed E-state index contributed by atoms with van der Waals surface area (Å²) in [6, 6.07) is -0.728. The highest BCUT2D eigenvalue weighted by Crippen LogP contribution is 1.83. The minimum absolute atomic E-state index is 0.627. The van der Waals surface area contributed by atoms with Crippen LogP contribution in [0.2, 0.25) is 0 Å². The average Bonchev–Trinajstić information content (AvgIpc) is 1.63. The summed E-state index contributed by atoms with van der Waals surface area (Å²) < 4.78 is 4.11. The lowest BCUT2D eigenvalue weighted by molar-refractivity contribution is -0.158. The molecule has 0 aromatic carbocycles. The quantitative estimate of drug-likeness (QED) is 0.382. The molecule has 52 valence electrons. The van der Waals surface area contributed by atoms with Gasteiger partial charge in [-0.25, -0.2) is 4.79 Å². The molecule has 0 saturated heterocycles. The summed E-state index contributed by atoms with van der Waals surface area (Å²) in [5.41, 5.74) is 5.06. The maximum Gasteiger partial charge on any atom is 0.330 e. The molecule has 0 heterocycles. The first-order valence-corrected chi connectivity index (χ1v) is 2.52. The Kier molecular flexibility index (Phi) is 2.87. The molecule has 9 heavy (non-hydrogen) atoms. The van der Waals surface area contributed by atoms with Crippen LogP contribution < -0.4 is 5.73 Å². The van der Waals surface area contributed by atoms with Crippen LogP contribution in [0.4, 0.5) is 0 Å². The van der Waals surface area contributed by atoms with Gasteiger partial charge in [0, 0.05) is 6.92 Å². The van der Waals surface area contributed by atoms with Crippen molar-refractivity contribution in [3.63, 3.8) is 0 Å². The predicted octanol–water partition coefficient (Wildman–Crippen LogP) is -0.577. The van der Waals surface area contributed by atoms with Crippen molar-refractivity contribution in [1.29, 1.82) is 0 Å². The summed E-state index contributed by atoms with van der Waals surface area (Å²) in [6.07, 6.45) is 0. The Bertz CT molecular complexity index is 130. The lowest BCUT2D eigenvalue weighted by atomic mass is 10.4. The fourth-order valence-electron chi connectivity index (χ4n) is 0.235. The first-order chi connectivity index (χ1) is 4.04. The average molecular weight is 131 g/mol. The van der Waals surface area contributed by atoms with Crippen molar-refractivity contribution in [3.05, 3.63) is 0 Å². The molecule has 0 bridgehead atoms. The topological polar surface area (TPSA) is 69.4 Å². The van der Waals surface area contributed by atoms with Crippen LogP contribution in [-0.4, -0.2) is 18.0 Å². The van der Waals surface area contributed by atoms with Crippen LogP contribution in [0.1, 0.15) is 13.8 Å². The second-order valence-electron chi connectivity index (χ2n) is 1.70. The minimum atomic E-state index is -0.728. The molecule has 4 heteroatoms. The molecule has 4 nitrogen and oxygen atoms in total. The van der Waals surface area contributed by atoms with Crippen LogP contribution in [0.25, 0.3) is 0 Å². The third kappa shape index (κ3) is 3.66. The molecule has 0 aliphatic rings. The third-order valence-corrected chi connectivity index (χ3v) is 0.616. The number of ether oxygens (including phenoxy) is 1. The Balaban J connectivity index is 3.64. The van der Waals surface area contributed by atoms with E-state index in [9.17, 15) is 9.59 Å². The standard InChI is InChI=1S/C5H9NO3/c1-3(6)5(8)9-4(2)7/h3H,6H2,1-2H3/t3-/m0/s1. The van der Waals surface area contributed by atoms with Gasteiger partial charge in [0.25, 0.3) is 0 Å². The lowest BCUT2D eigenvalue weighted by Crippen LogP contribution is -2.29. The zero-order valence-corrected chi connectivity index (χ0v) is 5.38. The number of carbonyl (C=O) groups is 2. The van der Waals surface area contributed by atoms with Crippen LogP contribution in [0, 0.1) is 0 Å². The molecule has 0 unspecified atom stereocenters. The number of esters is 2. The van der Waals surface area contributed by atoms with Gasteiger partial charge in [0.1, 0.15) is 6.04 Å². The smallest absolute Gasteiger partial charge is 0.330 e. The number of nitrogens with two attached hydrogens (primary N) is 1. The van der Waals surface area contributed by atoms with Gasteiger partial charge < -0.3 is 10.5 Å². The lowest BCUT2D eigenvalue weighted by Gasteiger charge is -2.00. The van der Waals surface area contributed by atoms with E-state index in [-0.39, 0.29) is 0 Å². The molecule has 1 atom stereocenters. The van der Waals surface area contributed by atoms with Gasteiger partial charge in [-0.1, -0.05) is 0 Å². The van der Waals surface area contributed by atoms with Crippen LogP contribution >= 0.6 is 0 Å². The minimum Gasteiger partial charge on any atom is -0.392 e. The molecule has 0 aliphatic carbocycles. The first-order valence-electron chi connectivity index (χ1n) is 2.52. The second-order valence-corrected chi connectivity index (χ2v) is 1.70. The molecule has 2 N–H and O–H groups in total. The van der Waals surface area contributed by atoms with E-state index in [1.54, 1.807) is 0 Å². The molecular weight excluding hydrogens is 122 g/mol. The summed E-state index contributed by atoms with van der Waals surface area (Å²) in [5, 5.41) is 0. The van der Waals surface area contributed by atoms with E-state index in [2.05, 4.69) is 4.74 Å². The van der Waals surface area contributed by atoms with Gasteiger partial charge in [0.2, 0.25) is 0 Å². The van der Waals surface area contributed by atoms with E-state index in [1.807, 2.05) is 0 Å². The van der Waals surface area contributed by atoms with Crippen molar-refractivity contribution in [3.8, 4) is 0 Å². The van der Waals surface area contributed by atoms with Crippen molar-refractivity contribution in [1.82, 2.24) is 0 Å². The maximum absolute atomic E-state index is 10.4. The normalized spacial score (nSPS) is 12.3. The van der Waals surface area contributed by atoms with E-state index in [4.69, 9.17) is 5.73 Å². The Morgan fingerprint density at radius 2 is 2.00 bits per heavy atom. The number of hydrogen-bond donors (Lipinski definition) is 1. The van der Waals surface area contributed by atoms with E-state index < -0.39 is 18.0 Å². The fourth-order valence-corrected chi connectivity index (χ4v) is 0.235. The van der Waals surface area contributed by atoms with Gasteiger partial charge in [-0.15, -0.1) is 0 Å². The van der Waals surface area contributed by atoms with Crippen LogP contribution in [0.15, 0.2) is 0 Å². The van der Waals surface area contributed by atoms with Crippen molar-refractivity contribution in [2.45, 2.75) is 19.9 Å². The van der Waals surface area contributed by atoms with Gasteiger partial charge in [-0.2, -0.15) is 0 Å². The number of carbonyl (C=O) groups excluding carboxylic acids is 2. The zero-order chi connectivity index (χ0) is 7.44. The van der Waals surface area contributed by atoms with Crippen molar-refractivity contribution < 1.29 is 14.3 Å². The summed E-state index contributed by atoms with van der Waals surface area (Å²) in [7, 11) is 0. The molecule has 0 rings (SSSR count). The molecule has 0 radical (unpaired) electrons. The monoisotopic (exact) mass is 131 g/mol. The number of rotatable bonds is 1.